The molecule has 96 valence electrons. The zero-order valence-electron chi connectivity index (χ0n) is 10.1. The summed E-state index contributed by atoms with van der Waals surface area (Å²) in [5.74, 6) is 0. The maximum atomic E-state index is 5.93. The van der Waals surface area contributed by atoms with Crippen LogP contribution < -0.4 is 5.73 Å². The van der Waals surface area contributed by atoms with Crippen LogP contribution in [0.5, 0.6) is 0 Å². The van der Waals surface area contributed by atoms with E-state index in [0.717, 1.165) is 0 Å². The Morgan fingerprint density at radius 2 is 0.938 bits per heavy atom. The molecule has 0 aromatic rings. The summed E-state index contributed by atoms with van der Waals surface area (Å²) in [6.07, 6.45) is 15.0. The molecule has 0 saturated heterocycles. The molecule has 0 unspecified atom stereocenters. The zero-order chi connectivity index (χ0) is 12.1. The summed E-state index contributed by atoms with van der Waals surface area (Å²) in [6, 6.07) is 1.25. The van der Waals surface area contributed by atoms with Crippen molar-refractivity contribution < 1.29 is 17.0 Å². The van der Waals surface area contributed by atoms with Gasteiger partial charge in [0.15, 0.2) is 0 Å². The first-order chi connectivity index (χ1) is 7.81. The van der Waals surface area contributed by atoms with Gasteiger partial charge in [0.2, 0.25) is 0 Å². The summed E-state index contributed by atoms with van der Waals surface area (Å²) < 4.78 is 0. The van der Waals surface area contributed by atoms with E-state index in [0.29, 0.717) is 0 Å². The summed E-state index contributed by atoms with van der Waals surface area (Å²) in [5, 5.41) is 0. The first-order valence-corrected chi connectivity index (χ1v) is 10.7. The van der Waals surface area contributed by atoms with Crippen LogP contribution in [-0.4, -0.2) is 0 Å². The molecule has 0 aromatic carbocycles. The Balaban J connectivity index is 0.000000673. The second-order valence-corrected chi connectivity index (χ2v) is 6.99. The van der Waals surface area contributed by atoms with Crippen LogP contribution in [0.4, 0.5) is 0 Å². The van der Waals surface area contributed by atoms with Gasteiger partial charge in [-0.1, -0.05) is 57.8 Å². The molecule has 0 spiro atoms. The summed E-state index contributed by atoms with van der Waals surface area (Å²) in [6.45, 7) is 0. The molecule has 1 fully saturated rings. The standard InChI is InChI=1S/C12H24N.2ClH.Ti/c13-12-10-8-6-4-2-1-3-5-7-9-11-12;;;/h1-11,13H2;2*1H;/q-1;;;+2/p-2. The molecule has 2 N–H and O–H groups in total. The van der Waals surface area contributed by atoms with Gasteiger partial charge < -0.3 is 5.73 Å². The van der Waals surface area contributed by atoms with Crippen LogP contribution in [0.15, 0.2) is 0 Å². The molecule has 0 atom stereocenters. The Hall–Kier alpha value is 1.25. The topological polar surface area (TPSA) is 26.0 Å². The van der Waals surface area contributed by atoms with Gasteiger partial charge in [0.25, 0.3) is 0 Å². The van der Waals surface area contributed by atoms with Crippen LogP contribution in [0.3, 0.4) is 0 Å². The summed E-state index contributed by atoms with van der Waals surface area (Å²) in [7, 11) is 9.78. The van der Waals surface area contributed by atoms with Crippen molar-refractivity contribution in [3.05, 3.63) is 6.04 Å². The first-order valence-electron chi connectivity index (χ1n) is 6.37. The Labute approximate surface area is 118 Å². The van der Waals surface area contributed by atoms with E-state index in [1.54, 1.807) is 0 Å². The van der Waals surface area contributed by atoms with Crippen molar-refractivity contribution in [1.82, 2.24) is 0 Å². The molecule has 0 radical (unpaired) electrons. The van der Waals surface area contributed by atoms with E-state index < -0.39 is 17.0 Å². The molecular formula is C12H24Cl2NTi-. The Kier molecular flexibility index (Phi) is 15.4. The van der Waals surface area contributed by atoms with E-state index in [4.69, 9.17) is 24.3 Å². The number of halogens is 2. The van der Waals surface area contributed by atoms with Crippen molar-refractivity contribution in [2.45, 2.75) is 70.6 Å². The molecule has 1 nitrogen and oxygen atoms in total. The number of nitrogens with two attached hydrogens (primary N) is 1. The van der Waals surface area contributed by atoms with Gasteiger partial charge in [0, 0.05) is 0 Å². The quantitative estimate of drug-likeness (QED) is 0.485. The van der Waals surface area contributed by atoms with Crippen LogP contribution in [0.1, 0.15) is 70.6 Å². The molecular weight excluding hydrogens is 277 g/mol. The molecule has 0 aromatic heterocycles. The fourth-order valence-electron chi connectivity index (χ4n) is 2.07. The van der Waals surface area contributed by atoms with Gasteiger partial charge in [-0.25, -0.2) is 0 Å². The fraction of sp³-hybridized carbons (Fsp3) is 0.917. The van der Waals surface area contributed by atoms with E-state index >= 15 is 0 Å². The Morgan fingerprint density at radius 3 is 1.25 bits per heavy atom. The second kappa shape index (κ2) is 14.3. The number of rotatable bonds is 0. The molecule has 1 aliphatic carbocycles. The fourth-order valence-corrected chi connectivity index (χ4v) is 2.07. The molecule has 0 amide bonds. The molecule has 0 heterocycles. The van der Waals surface area contributed by atoms with Crippen molar-refractivity contribution >= 4 is 18.6 Å². The van der Waals surface area contributed by atoms with Crippen LogP contribution in [-0.2, 0) is 17.0 Å². The molecule has 1 saturated carbocycles. The van der Waals surface area contributed by atoms with Crippen molar-refractivity contribution in [1.29, 1.82) is 0 Å². The van der Waals surface area contributed by atoms with Crippen LogP contribution in [0.2, 0.25) is 0 Å². The third-order valence-corrected chi connectivity index (χ3v) is 3.00. The minimum absolute atomic E-state index is 0.556. The van der Waals surface area contributed by atoms with Crippen LogP contribution in [0.25, 0.3) is 0 Å². The van der Waals surface area contributed by atoms with Gasteiger partial charge in [0.05, 0.1) is 0 Å². The van der Waals surface area contributed by atoms with Crippen molar-refractivity contribution in [2.75, 3.05) is 0 Å². The third-order valence-electron chi connectivity index (χ3n) is 3.00. The Morgan fingerprint density at radius 1 is 0.688 bits per heavy atom. The molecule has 1 aliphatic rings. The second-order valence-electron chi connectivity index (χ2n) is 4.41. The number of hydrogen-bond acceptors (Lipinski definition) is 1. The van der Waals surface area contributed by atoms with E-state index in [1.807, 2.05) is 0 Å². The van der Waals surface area contributed by atoms with Gasteiger partial charge >= 0.3 is 35.6 Å². The Bertz CT molecular complexity index is 124. The van der Waals surface area contributed by atoms with Crippen molar-refractivity contribution in [2.24, 2.45) is 5.73 Å². The van der Waals surface area contributed by atoms with Crippen LogP contribution >= 0.6 is 18.6 Å². The minimum atomic E-state index is -0.556. The van der Waals surface area contributed by atoms with Gasteiger partial charge in [-0.15, -0.1) is 0 Å². The van der Waals surface area contributed by atoms with Gasteiger partial charge in [0.1, 0.15) is 0 Å². The van der Waals surface area contributed by atoms with Gasteiger partial charge in [-0.2, -0.15) is 12.8 Å². The van der Waals surface area contributed by atoms with Crippen molar-refractivity contribution in [3.63, 3.8) is 0 Å². The van der Waals surface area contributed by atoms with Crippen molar-refractivity contribution in [3.8, 4) is 0 Å². The molecule has 1 rings (SSSR count). The predicted octanol–water partition coefficient (Wildman–Crippen LogP) is 5.16. The average Bonchev–Trinajstić information content (AvgIpc) is 2.24. The summed E-state index contributed by atoms with van der Waals surface area (Å²) in [5.41, 5.74) is 5.93. The summed E-state index contributed by atoms with van der Waals surface area (Å²) >= 11 is -0.556. The maximum absolute atomic E-state index is 5.93. The van der Waals surface area contributed by atoms with E-state index in [1.165, 1.54) is 76.7 Å². The normalized spacial score (nSPS) is 20.9. The molecule has 16 heavy (non-hydrogen) atoms. The molecule has 4 heteroatoms. The van der Waals surface area contributed by atoms with Crippen LogP contribution in [0, 0.1) is 6.04 Å². The van der Waals surface area contributed by atoms with E-state index in [2.05, 4.69) is 0 Å². The predicted molar refractivity (Wildman–Crippen MR) is 69.9 cm³/mol. The SMILES string of the molecule is N[C-]1CCCCCCCCCCC1.[Cl][Ti][Cl]. The molecule has 0 aliphatic heterocycles. The number of hydrogen-bond donors (Lipinski definition) is 1. The van der Waals surface area contributed by atoms with E-state index in [-0.39, 0.29) is 0 Å². The first kappa shape index (κ1) is 17.3. The summed E-state index contributed by atoms with van der Waals surface area (Å²) in [4.78, 5) is 0. The third kappa shape index (κ3) is 13.3. The zero-order valence-corrected chi connectivity index (χ0v) is 13.2. The molecule has 0 bridgehead atoms. The van der Waals surface area contributed by atoms with Gasteiger partial charge in [-0.05, 0) is 0 Å². The monoisotopic (exact) mass is 300 g/mol. The average molecular weight is 301 g/mol. The van der Waals surface area contributed by atoms with Gasteiger partial charge in [-0.3, -0.25) is 6.04 Å². The van der Waals surface area contributed by atoms with E-state index in [9.17, 15) is 0 Å².